The van der Waals surface area contributed by atoms with E-state index in [1.54, 1.807) is 12.0 Å². The Kier molecular flexibility index (Phi) is 6.04. The second-order valence-electron chi connectivity index (χ2n) is 5.87. The lowest BCUT2D eigenvalue weighted by atomic mass is 9.99. The van der Waals surface area contributed by atoms with Crippen molar-refractivity contribution >= 4 is 6.03 Å². The van der Waals surface area contributed by atoms with Gasteiger partial charge in [-0.1, -0.05) is 6.07 Å². The number of carbonyl (C=O) groups is 1. The zero-order valence-electron chi connectivity index (χ0n) is 13.3. The molecule has 1 N–H and O–H groups in total. The number of piperidine rings is 1. The molecular formula is C16H20F4N2O2. The predicted octanol–water partition coefficient (Wildman–Crippen LogP) is 3.41. The largest absolute Gasteiger partial charge is 0.416 e. The Bertz CT molecular complexity index is 576. The fourth-order valence-electron chi connectivity index (χ4n) is 2.87. The third kappa shape index (κ3) is 4.83. The van der Waals surface area contributed by atoms with E-state index < -0.39 is 23.6 Å². The van der Waals surface area contributed by atoms with Crippen molar-refractivity contribution in [2.75, 3.05) is 26.8 Å². The molecule has 1 aromatic carbocycles. The van der Waals surface area contributed by atoms with Crippen LogP contribution in [0.2, 0.25) is 0 Å². The summed E-state index contributed by atoms with van der Waals surface area (Å²) in [7, 11) is 1.59. The second kappa shape index (κ2) is 7.83. The number of urea groups is 1. The molecule has 0 radical (unpaired) electrons. The van der Waals surface area contributed by atoms with Crippen LogP contribution in [-0.2, 0) is 17.5 Å². The van der Waals surface area contributed by atoms with E-state index in [2.05, 4.69) is 5.32 Å². The van der Waals surface area contributed by atoms with Gasteiger partial charge in [-0.2, -0.15) is 13.2 Å². The van der Waals surface area contributed by atoms with Crippen LogP contribution in [0.5, 0.6) is 0 Å². The number of rotatable bonds is 4. The Morgan fingerprint density at radius 2 is 2.17 bits per heavy atom. The van der Waals surface area contributed by atoms with Gasteiger partial charge < -0.3 is 15.0 Å². The maximum Gasteiger partial charge on any atom is 0.416 e. The summed E-state index contributed by atoms with van der Waals surface area (Å²) in [6, 6.07) is 2.01. The molecule has 24 heavy (non-hydrogen) atoms. The van der Waals surface area contributed by atoms with Crippen molar-refractivity contribution in [3.8, 4) is 0 Å². The Morgan fingerprint density at radius 1 is 1.42 bits per heavy atom. The Morgan fingerprint density at radius 3 is 2.83 bits per heavy atom. The minimum Gasteiger partial charge on any atom is -0.384 e. The van der Waals surface area contributed by atoms with Gasteiger partial charge in [0, 0.05) is 32.7 Å². The molecule has 1 heterocycles. The highest BCUT2D eigenvalue weighted by Crippen LogP contribution is 2.32. The number of halogens is 4. The molecule has 1 aliphatic rings. The molecule has 0 aromatic heterocycles. The monoisotopic (exact) mass is 348 g/mol. The van der Waals surface area contributed by atoms with Crippen LogP contribution in [0.4, 0.5) is 22.4 Å². The van der Waals surface area contributed by atoms with Crippen molar-refractivity contribution in [1.29, 1.82) is 0 Å². The fraction of sp³-hybridized carbons (Fsp3) is 0.562. The van der Waals surface area contributed by atoms with Crippen LogP contribution in [0.3, 0.4) is 0 Å². The first kappa shape index (κ1) is 18.5. The number of carbonyl (C=O) groups excluding carboxylic acids is 1. The number of alkyl halides is 3. The van der Waals surface area contributed by atoms with Gasteiger partial charge in [-0.15, -0.1) is 0 Å². The zero-order chi connectivity index (χ0) is 17.7. The van der Waals surface area contributed by atoms with E-state index in [1.807, 2.05) is 0 Å². The molecule has 1 fully saturated rings. The minimum atomic E-state index is -4.67. The van der Waals surface area contributed by atoms with E-state index in [0.717, 1.165) is 25.0 Å². The van der Waals surface area contributed by atoms with Crippen molar-refractivity contribution in [2.45, 2.75) is 25.6 Å². The number of methoxy groups -OCH3 is 1. The lowest BCUT2D eigenvalue weighted by Gasteiger charge is -2.32. The van der Waals surface area contributed by atoms with E-state index in [0.29, 0.717) is 25.8 Å². The van der Waals surface area contributed by atoms with Gasteiger partial charge in [0.25, 0.3) is 0 Å². The van der Waals surface area contributed by atoms with E-state index in [1.165, 1.54) is 0 Å². The summed E-state index contributed by atoms with van der Waals surface area (Å²) < 4.78 is 57.0. The van der Waals surface area contributed by atoms with Gasteiger partial charge in [0.15, 0.2) is 0 Å². The quantitative estimate of drug-likeness (QED) is 0.848. The molecule has 0 saturated carbocycles. The normalized spacial score (nSPS) is 18.5. The van der Waals surface area contributed by atoms with Gasteiger partial charge in [0.1, 0.15) is 5.82 Å². The summed E-state index contributed by atoms with van der Waals surface area (Å²) in [6.07, 6.45) is -2.89. The number of hydrogen-bond acceptors (Lipinski definition) is 2. The Labute approximate surface area is 137 Å². The molecular weight excluding hydrogens is 328 g/mol. The van der Waals surface area contributed by atoms with Crippen molar-refractivity contribution < 1.29 is 27.1 Å². The third-order valence-electron chi connectivity index (χ3n) is 4.02. The second-order valence-corrected chi connectivity index (χ2v) is 5.87. The maximum atomic E-state index is 13.1. The standard InChI is InChI=1S/C16H20F4N2O2/c1-24-10-11-3-2-6-22(9-11)15(23)21-8-12-4-5-13(17)7-14(12)16(18,19)20/h4-5,7,11H,2-3,6,8-10H2,1H3,(H,21,23)/t11-/m0/s1. The first-order chi connectivity index (χ1) is 11.3. The lowest BCUT2D eigenvalue weighted by molar-refractivity contribution is -0.138. The molecule has 1 aromatic rings. The molecule has 0 unspecified atom stereocenters. The van der Waals surface area contributed by atoms with Crippen LogP contribution in [0.1, 0.15) is 24.0 Å². The maximum absolute atomic E-state index is 13.1. The molecule has 2 amide bonds. The highest BCUT2D eigenvalue weighted by Gasteiger charge is 2.34. The van der Waals surface area contributed by atoms with E-state index in [9.17, 15) is 22.4 Å². The summed E-state index contributed by atoms with van der Waals surface area (Å²) >= 11 is 0. The number of likely N-dealkylation sites (tertiary alicyclic amines) is 1. The molecule has 1 saturated heterocycles. The van der Waals surface area contributed by atoms with Gasteiger partial charge in [-0.3, -0.25) is 0 Å². The third-order valence-corrected chi connectivity index (χ3v) is 4.02. The molecule has 1 atom stereocenters. The highest BCUT2D eigenvalue weighted by atomic mass is 19.4. The molecule has 0 spiro atoms. The van der Waals surface area contributed by atoms with Crippen LogP contribution >= 0.6 is 0 Å². The number of ether oxygens (including phenoxy) is 1. The zero-order valence-corrected chi connectivity index (χ0v) is 13.3. The van der Waals surface area contributed by atoms with Crippen LogP contribution < -0.4 is 5.32 Å². The Hall–Kier alpha value is -1.83. The summed E-state index contributed by atoms with van der Waals surface area (Å²) in [5.74, 6) is -0.734. The average Bonchev–Trinajstić information content (AvgIpc) is 2.53. The van der Waals surface area contributed by atoms with Gasteiger partial charge >= 0.3 is 12.2 Å². The SMILES string of the molecule is COC[C@H]1CCCN(C(=O)NCc2ccc(F)cc2C(F)(F)F)C1. The first-order valence-corrected chi connectivity index (χ1v) is 7.68. The molecule has 8 heteroatoms. The van der Waals surface area contributed by atoms with Crippen LogP contribution in [-0.4, -0.2) is 37.7 Å². The van der Waals surface area contributed by atoms with E-state index in [-0.39, 0.29) is 18.0 Å². The topological polar surface area (TPSA) is 41.6 Å². The molecule has 1 aliphatic heterocycles. The fourth-order valence-corrected chi connectivity index (χ4v) is 2.87. The van der Waals surface area contributed by atoms with Crippen LogP contribution in [0.25, 0.3) is 0 Å². The number of nitrogens with one attached hydrogen (secondary N) is 1. The smallest absolute Gasteiger partial charge is 0.384 e. The average molecular weight is 348 g/mol. The summed E-state index contributed by atoms with van der Waals surface area (Å²) in [4.78, 5) is 13.7. The molecule has 0 bridgehead atoms. The Balaban J connectivity index is 1.99. The van der Waals surface area contributed by atoms with Crippen molar-refractivity contribution in [1.82, 2.24) is 10.2 Å². The van der Waals surface area contributed by atoms with Crippen LogP contribution in [0, 0.1) is 11.7 Å². The lowest BCUT2D eigenvalue weighted by Crippen LogP contribution is -2.46. The van der Waals surface area contributed by atoms with Crippen molar-refractivity contribution in [2.24, 2.45) is 5.92 Å². The summed E-state index contributed by atoms with van der Waals surface area (Å²) in [6.45, 7) is 1.30. The van der Waals surface area contributed by atoms with Gasteiger partial charge in [-0.25, -0.2) is 9.18 Å². The molecule has 2 rings (SSSR count). The number of hydrogen-bond donors (Lipinski definition) is 1. The predicted molar refractivity (Wildman–Crippen MR) is 79.8 cm³/mol. The van der Waals surface area contributed by atoms with Gasteiger partial charge in [-0.05, 0) is 30.5 Å². The van der Waals surface area contributed by atoms with E-state index in [4.69, 9.17) is 4.74 Å². The van der Waals surface area contributed by atoms with Crippen molar-refractivity contribution in [3.05, 3.63) is 35.1 Å². The van der Waals surface area contributed by atoms with Crippen LogP contribution in [0.15, 0.2) is 18.2 Å². The van der Waals surface area contributed by atoms with Gasteiger partial charge in [0.05, 0.1) is 12.2 Å². The minimum absolute atomic E-state index is 0.164. The molecule has 134 valence electrons. The van der Waals surface area contributed by atoms with Gasteiger partial charge in [0.2, 0.25) is 0 Å². The number of amides is 2. The molecule has 0 aliphatic carbocycles. The number of nitrogens with zero attached hydrogens (tertiary/aromatic N) is 1. The number of benzene rings is 1. The van der Waals surface area contributed by atoms with E-state index >= 15 is 0 Å². The summed E-state index contributed by atoms with van der Waals surface area (Å²) in [5.41, 5.74) is -1.23. The molecule has 4 nitrogen and oxygen atoms in total. The first-order valence-electron chi connectivity index (χ1n) is 7.68. The van der Waals surface area contributed by atoms with Crippen molar-refractivity contribution in [3.63, 3.8) is 0 Å². The highest BCUT2D eigenvalue weighted by molar-refractivity contribution is 5.74. The summed E-state index contributed by atoms with van der Waals surface area (Å²) in [5, 5.41) is 2.49.